The van der Waals surface area contributed by atoms with Crippen LogP contribution in [0.4, 0.5) is 20.0 Å². The van der Waals surface area contributed by atoms with Gasteiger partial charge in [-0.25, -0.2) is 27.6 Å². The molecule has 4 heterocycles. The lowest BCUT2D eigenvalue weighted by atomic mass is 9.91. The standard InChI is InChI=1S/C30H26ClFN8O7S2/c1-5-49(43,44)28-37-22-20(25(38-28)35-9-17-36-26(24(34)41)47-40-17)15-11-45-10-14(15)18(21(22)31)12-6-7-16(32)23-19(12)13(8-33)27(48-23)39-29(42)46-30(2,3)4/h6-7H,5,9-11H2,1-4H3,(H2,34,41)(H,39,42)(H,35,37,38). The number of halogens is 2. The summed E-state index contributed by atoms with van der Waals surface area (Å²) in [5.41, 5.74) is 6.16. The Hall–Kier alpha value is -4.96. The van der Waals surface area contributed by atoms with E-state index in [9.17, 15) is 23.3 Å². The number of nitriles is 1. The van der Waals surface area contributed by atoms with E-state index in [1.807, 2.05) is 0 Å². The molecular weight excluding hydrogens is 703 g/mol. The van der Waals surface area contributed by atoms with Crippen LogP contribution in [0.15, 0.2) is 21.8 Å². The predicted molar refractivity (Wildman–Crippen MR) is 176 cm³/mol. The number of thiophene rings is 1. The Bertz CT molecular complexity index is 2360. The van der Waals surface area contributed by atoms with Crippen molar-refractivity contribution >= 4 is 76.6 Å². The van der Waals surface area contributed by atoms with Crippen LogP contribution in [-0.4, -0.2) is 51.9 Å². The van der Waals surface area contributed by atoms with E-state index in [1.165, 1.54) is 19.1 Å². The molecule has 2 aromatic carbocycles. The number of hydrogen-bond donors (Lipinski definition) is 3. The molecule has 0 radical (unpaired) electrons. The highest BCUT2D eigenvalue weighted by atomic mass is 35.5. The fourth-order valence-corrected chi connectivity index (χ4v) is 7.39. The summed E-state index contributed by atoms with van der Waals surface area (Å²) in [4.78, 5) is 36.7. The number of aromatic nitrogens is 4. The quantitative estimate of drug-likeness (QED) is 0.169. The molecule has 1 aliphatic heterocycles. The summed E-state index contributed by atoms with van der Waals surface area (Å²) in [5.74, 6) is -2.23. The molecule has 0 aliphatic carbocycles. The van der Waals surface area contributed by atoms with Gasteiger partial charge < -0.3 is 25.0 Å². The van der Waals surface area contributed by atoms with Crippen molar-refractivity contribution in [3.8, 4) is 17.2 Å². The number of anilines is 2. The van der Waals surface area contributed by atoms with Crippen molar-refractivity contribution in [1.82, 2.24) is 20.1 Å². The average Bonchev–Trinajstić information content (AvgIpc) is 3.79. The smallest absolute Gasteiger partial charge is 0.412 e. The third-order valence-corrected chi connectivity index (χ3v) is 10.3. The fraction of sp³-hybridized carbons (Fsp3) is 0.300. The van der Waals surface area contributed by atoms with Gasteiger partial charge in [-0.1, -0.05) is 29.7 Å². The van der Waals surface area contributed by atoms with E-state index in [2.05, 4.69) is 36.8 Å². The molecule has 0 unspecified atom stereocenters. The number of fused-ring (bicyclic) bond motifs is 4. The summed E-state index contributed by atoms with van der Waals surface area (Å²) in [6.07, 6.45) is -0.830. The molecule has 6 rings (SSSR count). The fourth-order valence-electron chi connectivity index (χ4n) is 5.25. The normalized spacial score (nSPS) is 13.0. The topological polar surface area (TPSA) is 225 Å². The number of nitrogens with zero attached hydrogens (tertiary/aromatic N) is 5. The molecule has 0 atom stereocenters. The molecule has 19 heteroatoms. The Kier molecular flexibility index (Phi) is 8.65. The van der Waals surface area contributed by atoms with Gasteiger partial charge in [0.1, 0.15) is 28.3 Å². The predicted octanol–water partition coefficient (Wildman–Crippen LogP) is 5.44. The zero-order valence-electron chi connectivity index (χ0n) is 26.2. The minimum absolute atomic E-state index is 0.0162. The SMILES string of the molecule is CCS(=O)(=O)c1nc(NCc2noc(C(N)=O)n2)c2c3c(c(-c4ccc(F)c5sc(NC(=O)OC(C)(C)C)c(C#N)c45)c(Cl)c2n1)COC3. The van der Waals surface area contributed by atoms with Crippen LogP contribution in [0.3, 0.4) is 0 Å². The summed E-state index contributed by atoms with van der Waals surface area (Å²) in [5, 5.41) is 19.6. The molecule has 0 spiro atoms. The van der Waals surface area contributed by atoms with E-state index in [1.54, 1.807) is 20.8 Å². The number of carbonyl (C=O) groups is 2. The molecule has 15 nitrogen and oxygen atoms in total. The molecule has 0 fully saturated rings. The highest BCUT2D eigenvalue weighted by Gasteiger charge is 2.32. The maximum absolute atomic E-state index is 15.4. The van der Waals surface area contributed by atoms with Crippen LogP contribution >= 0.6 is 22.9 Å². The zero-order valence-corrected chi connectivity index (χ0v) is 28.6. The Labute approximate surface area is 286 Å². The molecule has 0 saturated carbocycles. The first kappa shape index (κ1) is 33.9. The zero-order chi connectivity index (χ0) is 35.4. The van der Waals surface area contributed by atoms with Crippen molar-refractivity contribution in [1.29, 1.82) is 5.26 Å². The second kappa shape index (κ2) is 12.5. The molecule has 0 bridgehead atoms. The van der Waals surface area contributed by atoms with Gasteiger partial charge in [0.2, 0.25) is 15.0 Å². The minimum Gasteiger partial charge on any atom is -0.444 e. The lowest BCUT2D eigenvalue weighted by Gasteiger charge is -2.19. The molecule has 4 N–H and O–H groups in total. The molecule has 0 saturated heterocycles. The molecular formula is C30H26ClFN8O7S2. The number of rotatable bonds is 8. The highest BCUT2D eigenvalue weighted by molar-refractivity contribution is 7.91. The second-order valence-corrected chi connectivity index (χ2v) is 15.3. The summed E-state index contributed by atoms with van der Waals surface area (Å²) in [7, 11) is -3.99. The van der Waals surface area contributed by atoms with Crippen LogP contribution in [0, 0.1) is 17.1 Å². The first-order chi connectivity index (χ1) is 23.1. The monoisotopic (exact) mass is 728 g/mol. The van der Waals surface area contributed by atoms with Gasteiger partial charge in [-0.2, -0.15) is 10.2 Å². The van der Waals surface area contributed by atoms with Gasteiger partial charge in [0.25, 0.3) is 0 Å². The van der Waals surface area contributed by atoms with E-state index in [0.717, 1.165) is 11.3 Å². The number of sulfone groups is 1. The summed E-state index contributed by atoms with van der Waals surface area (Å²) < 4.78 is 57.6. The summed E-state index contributed by atoms with van der Waals surface area (Å²) in [6.45, 7) is 6.41. The highest BCUT2D eigenvalue weighted by Crippen LogP contribution is 2.49. The van der Waals surface area contributed by atoms with Crippen LogP contribution in [0.2, 0.25) is 5.02 Å². The van der Waals surface area contributed by atoms with E-state index >= 15 is 4.39 Å². The Balaban J connectivity index is 1.59. The van der Waals surface area contributed by atoms with E-state index in [-0.39, 0.29) is 68.3 Å². The molecule has 2 amide bonds. The number of nitrogens with two attached hydrogens (primary N) is 1. The molecule has 49 heavy (non-hydrogen) atoms. The van der Waals surface area contributed by atoms with E-state index < -0.39 is 44.3 Å². The number of nitrogens with one attached hydrogen (secondary N) is 2. The Morgan fingerprint density at radius 2 is 1.92 bits per heavy atom. The number of carbonyl (C=O) groups excluding carboxylic acids is 2. The molecule has 1 aliphatic rings. The number of benzene rings is 2. The van der Waals surface area contributed by atoms with Crippen molar-refractivity contribution in [2.75, 3.05) is 16.4 Å². The van der Waals surface area contributed by atoms with Gasteiger partial charge in [0, 0.05) is 10.9 Å². The van der Waals surface area contributed by atoms with Crippen LogP contribution in [0.25, 0.3) is 32.1 Å². The van der Waals surface area contributed by atoms with E-state index in [0.29, 0.717) is 27.6 Å². The van der Waals surface area contributed by atoms with Crippen molar-refractivity contribution in [3.63, 3.8) is 0 Å². The Morgan fingerprint density at radius 1 is 1.18 bits per heavy atom. The first-order valence-corrected chi connectivity index (χ1v) is 17.3. The number of hydrogen-bond acceptors (Lipinski definition) is 14. The maximum atomic E-state index is 15.4. The van der Waals surface area contributed by atoms with Crippen molar-refractivity contribution in [2.24, 2.45) is 5.73 Å². The van der Waals surface area contributed by atoms with Gasteiger partial charge in [0.05, 0.1) is 51.7 Å². The van der Waals surface area contributed by atoms with Crippen LogP contribution in [-0.2, 0) is 39.1 Å². The third-order valence-electron chi connectivity index (χ3n) is 7.31. The van der Waals surface area contributed by atoms with Crippen molar-refractivity contribution in [2.45, 2.75) is 58.2 Å². The van der Waals surface area contributed by atoms with Gasteiger partial charge in [-0.05, 0) is 43.5 Å². The van der Waals surface area contributed by atoms with Crippen molar-refractivity contribution < 1.29 is 36.4 Å². The number of amides is 2. The third kappa shape index (κ3) is 6.21. The molecule has 254 valence electrons. The van der Waals surface area contributed by atoms with Crippen LogP contribution < -0.4 is 16.4 Å². The largest absolute Gasteiger partial charge is 0.444 e. The lowest BCUT2D eigenvalue weighted by Crippen LogP contribution is -2.27. The van der Waals surface area contributed by atoms with Gasteiger partial charge >= 0.3 is 17.9 Å². The number of primary amides is 1. The first-order valence-electron chi connectivity index (χ1n) is 14.5. The average molecular weight is 729 g/mol. The molecule has 5 aromatic rings. The number of ether oxygens (including phenoxy) is 2. The molecule has 3 aromatic heterocycles. The second-order valence-electron chi connectivity index (χ2n) is 11.7. The maximum Gasteiger partial charge on any atom is 0.412 e. The minimum atomic E-state index is -3.99. The van der Waals surface area contributed by atoms with Gasteiger partial charge in [-0.3, -0.25) is 10.1 Å². The summed E-state index contributed by atoms with van der Waals surface area (Å²) in [6, 6.07) is 4.73. The summed E-state index contributed by atoms with van der Waals surface area (Å²) >= 11 is 7.98. The van der Waals surface area contributed by atoms with Crippen LogP contribution in [0.5, 0.6) is 0 Å². The van der Waals surface area contributed by atoms with E-state index in [4.69, 9.17) is 31.3 Å². The lowest BCUT2D eigenvalue weighted by molar-refractivity contribution is 0.0636. The van der Waals surface area contributed by atoms with Gasteiger partial charge in [0.15, 0.2) is 5.82 Å². The van der Waals surface area contributed by atoms with Crippen LogP contribution in [0.1, 0.15) is 60.9 Å². The van der Waals surface area contributed by atoms with Crippen molar-refractivity contribution in [3.05, 3.63) is 51.4 Å². The Morgan fingerprint density at radius 3 is 2.57 bits per heavy atom. The van der Waals surface area contributed by atoms with Gasteiger partial charge in [-0.15, -0.1) is 11.3 Å².